The van der Waals surface area contributed by atoms with E-state index < -0.39 is 28.8 Å². The average molecular weight is 394 g/mol. The van der Waals surface area contributed by atoms with E-state index in [0.29, 0.717) is 27.5 Å². The third-order valence-corrected chi connectivity index (χ3v) is 5.41. The third kappa shape index (κ3) is 2.84. The quantitative estimate of drug-likeness (QED) is 0.275. The molecule has 3 aromatic carbocycles. The molecule has 0 N–H and O–H groups in total. The van der Waals surface area contributed by atoms with E-state index in [2.05, 4.69) is 0 Å². The molecule has 1 aliphatic rings. The number of carbonyl (C=O) groups excluding carboxylic acids is 1. The van der Waals surface area contributed by atoms with E-state index in [4.69, 9.17) is 16.3 Å². The highest BCUT2D eigenvalue weighted by Crippen LogP contribution is 2.53. The summed E-state index contributed by atoms with van der Waals surface area (Å²) in [5.41, 5.74) is 0.507. The highest BCUT2D eigenvalue weighted by molar-refractivity contribution is 6.30. The normalized spacial score (nSPS) is 19.0. The zero-order valence-corrected chi connectivity index (χ0v) is 15.5. The molecule has 0 bridgehead atoms. The van der Waals surface area contributed by atoms with Crippen LogP contribution in [0.5, 0.6) is 5.75 Å². The van der Waals surface area contributed by atoms with Crippen molar-refractivity contribution in [3.05, 3.63) is 111 Å². The fraction of sp³-hybridized carbons (Fsp3) is 0.136. The van der Waals surface area contributed by atoms with Gasteiger partial charge in [0.15, 0.2) is 0 Å². The van der Waals surface area contributed by atoms with Gasteiger partial charge in [-0.15, -0.1) is 0 Å². The number of rotatable bonds is 5. The van der Waals surface area contributed by atoms with Crippen LogP contribution in [0.3, 0.4) is 0 Å². The van der Waals surface area contributed by atoms with Crippen molar-refractivity contribution in [2.24, 2.45) is 0 Å². The van der Waals surface area contributed by atoms with Gasteiger partial charge in [0.25, 0.3) is 0 Å². The lowest BCUT2D eigenvalue weighted by molar-refractivity contribution is -0.484. The molecule has 5 nitrogen and oxygen atoms in total. The second-order valence-electron chi connectivity index (χ2n) is 6.68. The Kier molecular flexibility index (Phi) is 4.61. The van der Waals surface area contributed by atoms with Crippen molar-refractivity contribution in [1.82, 2.24) is 0 Å². The predicted molar refractivity (Wildman–Crippen MR) is 105 cm³/mol. The van der Waals surface area contributed by atoms with Crippen LogP contribution in [0.15, 0.2) is 78.9 Å². The maximum Gasteiger partial charge on any atom is 0.327 e. The van der Waals surface area contributed by atoms with Gasteiger partial charge in [-0.3, -0.25) is 14.9 Å². The molecule has 2 atom stereocenters. The van der Waals surface area contributed by atoms with E-state index in [9.17, 15) is 14.9 Å². The van der Waals surface area contributed by atoms with Crippen LogP contribution in [0.1, 0.15) is 22.6 Å². The van der Waals surface area contributed by atoms with Crippen LogP contribution in [0, 0.1) is 10.1 Å². The minimum atomic E-state index is -1.37. The number of nitro groups is 1. The number of halogens is 1. The number of benzene rings is 3. The van der Waals surface area contributed by atoms with Crippen molar-refractivity contribution in [3.63, 3.8) is 0 Å². The highest BCUT2D eigenvalue weighted by Gasteiger charge is 2.58. The van der Waals surface area contributed by atoms with Crippen molar-refractivity contribution in [2.75, 3.05) is 6.54 Å². The molecule has 4 rings (SSSR count). The Morgan fingerprint density at radius 2 is 1.64 bits per heavy atom. The molecule has 0 saturated heterocycles. The Morgan fingerprint density at radius 1 is 1.00 bits per heavy atom. The van der Waals surface area contributed by atoms with Crippen molar-refractivity contribution >= 4 is 17.6 Å². The monoisotopic (exact) mass is 393 g/mol. The van der Waals surface area contributed by atoms with E-state index in [1.807, 2.05) is 12.1 Å². The molecule has 28 heavy (non-hydrogen) atoms. The van der Waals surface area contributed by atoms with Gasteiger partial charge in [0.2, 0.25) is 6.54 Å². The fourth-order valence-corrected chi connectivity index (χ4v) is 4.19. The molecular weight excluding hydrogens is 378 g/mol. The summed E-state index contributed by atoms with van der Waals surface area (Å²) in [7, 11) is 0. The number of esters is 1. The molecule has 3 aromatic rings. The average Bonchev–Trinajstić information content (AvgIpc) is 2.99. The summed E-state index contributed by atoms with van der Waals surface area (Å²) in [6, 6.07) is 23.0. The van der Waals surface area contributed by atoms with Gasteiger partial charge >= 0.3 is 5.97 Å². The Balaban J connectivity index is 2.06. The Bertz CT molecular complexity index is 1040. The highest BCUT2D eigenvalue weighted by atomic mass is 35.5. The van der Waals surface area contributed by atoms with Gasteiger partial charge in [-0.05, 0) is 29.3 Å². The number of hydrogen-bond donors (Lipinski definition) is 0. The number of nitrogens with zero attached hydrogens (tertiary/aromatic N) is 1. The molecule has 6 heteroatoms. The van der Waals surface area contributed by atoms with Crippen molar-refractivity contribution in [1.29, 1.82) is 0 Å². The van der Waals surface area contributed by atoms with Crippen molar-refractivity contribution in [2.45, 2.75) is 11.3 Å². The van der Waals surface area contributed by atoms with Crippen LogP contribution in [0.2, 0.25) is 5.02 Å². The lowest BCUT2D eigenvalue weighted by Crippen LogP contribution is -2.44. The Morgan fingerprint density at radius 3 is 2.29 bits per heavy atom. The number of ether oxygens (including phenoxy) is 1. The summed E-state index contributed by atoms with van der Waals surface area (Å²) in [5.74, 6) is -0.924. The largest absolute Gasteiger partial charge is 0.425 e. The maximum absolute atomic E-state index is 13.4. The van der Waals surface area contributed by atoms with Crippen LogP contribution < -0.4 is 4.74 Å². The Hall–Kier alpha value is -3.18. The van der Waals surface area contributed by atoms with E-state index in [1.165, 1.54) is 0 Å². The minimum absolute atomic E-state index is 0.377. The van der Waals surface area contributed by atoms with Gasteiger partial charge < -0.3 is 4.74 Å². The van der Waals surface area contributed by atoms with Gasteiger partial charge in [0, 0.05) is 15.5 Å². The van der Waals surface area contributed by atoms with E-state index in [1.54, 1.807) is 66.7 Å². The van der Waals surface area contributed by atoms with Gasteiger partial charge in [-0.2, -0.15) is 0 Å². The number of fused-ring (bicyclic) bond motifs is 1. The van der Waals surface area contributed by atoms with Crippen LogP contribution in [-0.2, 0) is 10.2 Å². The summed E-state index contributed by atoms with van der Waals surface area (Å²) in [6.45, 7) is -0.431. The molecule has 0 aromatic heterocycles. The van der Waals surface area contributed by atoms with E-state index >= 15 is 0 Å². The molecule has 1 aliphatic heterocycles. The van der Waals surface area contributed by atoms with E-state index in [0.717, 1.165) is 0 Å². The van der Waals surface area contributed by atoms with Gasteiger partial charge in [0.1, 0.15) is 11.2 Å². The first-order chi connectivity index (χ1) is 13.5. The summed E-state index contributed by atoms with van der Waals surface area (Å²) in [6.07, 6.45) is 0. The SMILES string of the molecule is O=C1Oc2ccc(Cl)cc2[C@@]1(c1ccccc1)[C@H](C[N+](=O)[O-])c1ccccc1. The molecule has 0 unspecified atom stereocenters. The summed E-state index contributed by atoms with van der Waals surface area (Å²) >= 11 is 6.24. The zero-order valence-electron chi connectivity index (χ0n) is 14.7. The minimum Gasteiger partial charge on any atom is -0.425 e. The molecule has 0 amide bonds. The topological polar surface area (TPSA) is 69.4 Å². The van der Waals surface area contributed by atoms with Crippen LogP contribution in [0.25, 0.3) is 0 Å². The van der Waals surface area contributed by atoms with Crippen LogP contribution >= 0.6 is 11.6 Å². The van der Waals surface area contributed by atoms with Gasteiger partial charge in [-0.25, -0.2) is 0 Å². The third-order valence-electron chi connectivity index (χ3n) is 5.18. The smallest absolute Gasteiger partial charge is 0.327 e. The first kappa shape index (κ1) is 18.2. The molecule has 1 heterocycles. The fourth-order valence-electron chi connectivity index (χ4n) is 4.02. The zero-order chi connectivity index (χ0) is 19.7. The van der Waals surface area contributed by atoms with Gasteiger partial charge in [0.05, 0.1) is 5.92 Å². The molecule has 0 aliphatic carbocycles. The molecule has 0 radical (unpaired) electrons. The molecule has 0 saturated carbocycles. The molecule has 0 spiro atoms. The van der Waals surface area contributed by atoms with E-state index in [-0.39, 0.29) is 0 Å². The Labute approximate surface area is 166 Å². The number of hydrogen-bond acceptors (Lipinski definition) is 4. The molecule has 140 valence electrons. The second kappa shape index (κ2) is 7.09. The lowest BCUT2D eigenvalue weighted by Gasteiger charge is -2.33. The predicted octanol–water partition coefficient (Wildman–Crippen LogP) is 4.61. The van der Waals surface area contributed by atoms with Crippen LogP contribution in [0.4, 0.5) is 0 Å². The number of carbonyl (C=O) groups is 1. The lowest BCUT2D eigenvalue weighted by atomic mass is 9.64. The summed E-state index contributed by atoms with van der Waals surface area (Å²) in [4.78, 5) is 24.6. The van der Waals surface area contributed by atoms with Crippen molar-refractivity contribution in [3.8, 4) is 5.75 Å². The first-order valence-corrected chi connectivity index (χ1v) is 9.16. The molecule has 0 fully saturated rings. The second-order valence-corrected chi connectivity index (χ2v) is 7.12. The maximum atomic E-state index is 13.4. The summed E-state index contributed by atoms with van der Waals surface area (Å²) in [5, 5.41) is 12.1. The van der Waals surface area contributed by atoms with Crippen LogP contribution in [-0.4, -0.2) is 17.4 Å². The van der Waals surface area contributed by atoms with Gasteiger partial charge in [-0.1, -0.05) is 72.3 Å². The first-order valence-electron chi connectivity index (χ1n) is 8.78. The summed E-state index contributed by atoms with van der Waals surface area (Å²) < 4.78 is 5.60. The van der Waals surface area contributed by atoms with Crippen molar-refractivity contribution < 1.29 is 14.5 Å². The standard InChI is InChI=1S/C22H16ClNO4/c23-17-11-12-20-18(13-17)22(21(25)28-20,16-9-5-2-6-10-16)19(14-24(26)27)15-7-3-1-4-8-15/h1-13,19H,14H2/t19-,22+/m1/s1. The molecular formula is C22H16ClNO4.